The molecule has 3 aromatic rings. The molecule has 3 aromatic carbocycles. The van der Waals surface area contributed by atoms with E-state index >= 15 is 0 Å². The predicted octanol–water partition coefficient (Wildman–Crippen LogP) is 4.39. The maximum atomic E-state index is 9.55. The Labute approximate surface area is 187 Å². The summed E-state index contributed by atoms with van der Waals surface area (Å²) >= 11 is 0. The van der Waals surface area contributed by atoms with Crippen molar-refractivity contribution in [1.29, 1.82) is 0 Å². The van der Waals surface area contributed by atoms with Crippen LogP contribution >= 0.6 is 0 Å². The molecule has 0 fully saturated rings. The Hall–Kier alpha value is -3.90. The van der Waals surface area contributed by atoms with Crippen LogP contribution in [-0.4, -0.2) is 22.2 Å². The molecule has 0 amide bonds. The van der Waals surface area contributed by atoms with E-state index in [1.54, 1.807) is 0 Å². The Morgan fingerprint density at radius 2 is 1.28 bits per heavy atom. The number of carboxylic acids is 2. The first-order valence-electron chi connectivity index (χ1n) is 10.0. The molecular formula is C26H27NO5. The fourth-order valence-electron chi connectivity index (χ4n) is 2.94. The van der Waals surface area contributed by atoms with E-state index in [4.69, 9.17) is 20.7 Å². The van der Waals surface area contributed by atoms with Gasteiger partial charge in [0, 0.05) is 17.7 Å². The van der Waals surface area contributed by atoms with Gasteiger partial charge in [0.05, 0.1) is 0 Å². The molecule has 166 valence electrons. The molecule has 1 atom stereocenters. The van der Waals surface area contributed by atoms with Crippen molar-refractivity contribution in [2.75, 3.05) is 0 Å². The lowest BCUT2D eigenvalue weighted by atomic mass is 9.86. The largest absolute Gasteiger partial charge is 0.489 e. The molecule has 0 bridgehead atoms. The Morgan fingerprint density at radius 1 is 0.812 bits per heavy atom. The van der Waals surface area contributed by atoms with Gasteiger partial charge >= 0.3 is 11.9 Å². The van der Waals surface area contributed by atoms with Crippen LogP contribution in [0.5, 0.6) is 5.75 Å². The number of rotatable bonds is 8. The lowest BCUT2D eigenvalue weighted by Gasteiger charge is -2.25. The average Bonchev–Trinajstić information content (AvgIpc) is 2.78. The molecule has 0 radical (unpaired) electrons. The highest BCUT2D eigenvalue weighted by Crippen LogP contribution is 2.25. The zero-order valence-corrected chi connectivity index (χ0v) is 17.8. The first-order chi connectivity index (χ1) is 15.3. The standard InChI is InChI=1S/C22H23NO.C4H4O4/c1-22(23,16-18-8-4-2-5-9-18)20-12-14-21(15-13-20)24-17-19-10-6-3-7-11-19;5-3(6)1-2-4(7)8/h2-15H,16-17,23H2,1H3;1-2H,(H,5,6)(H,7,8). The monoisotopic (exact) mass is 433 g/mol. The summed E-state index contributed by atoms with van der Waals surface area (Å²) in [6.07, 6.45) is 1.92. The van der Waals surface area contributed by atoms with Crippen molar-refractivity contribution < 1.29 is 24.5 Å². The smallest absolute Gasteiger partial charge is 0.328 e. The van der Waals surface area contributed by atoms with Crippen LogP contribution in [0, 0.1) is 0 Å². The number of hydrogen-bond donors (Lipinski definition) is 3. The van der Waals surface area contributed by atoms with Gasteiger partial charge in [-0.1, -0.05) is 72.8 Å². The summed E-state index contributed by atoms with van der Waals surface area (Å²) in [6, 6.07) is 28.6. The molecule has 1 unspecified atom stereocenters. The van der Waals surface area contributed by atoms with Gasteiger partial charge in [-0.2, -0.15) is 0 Å². The SMILES string of the molecule is CC(N)(Cc1ccccc1)c1ccc(OCc2ccccc2)cc1.O=C(O)C=CC(=O)O. The van der Waals surface area contributed by atoms with E-state index in [9.17, 15) is 9.59 Å². The predicted molar refractivity (Wildman–Crippen MR) is 123 cm³/mol. The second-order valence-corrected chi connectivity index (χ2v) is 7.39. The summed E-state index contributed by atoms with van der Waals surface area (Å²) in [6.45, 7) is 2.64. The molecule has 0 aliphatic carbocycles. The lowest BCUT2D eigenvalue weighted by molar-refractivity contribution is -0.134. The topological polar surface area (TPSA) is 110 Å². The maximum Gasteiger partial charge on any atom is 0.328 e. The van der Waals surface area contributed by atoms with Gasteiger partial charge in [-0.05, 0) is 42.2 Å². The first-order valence-corrected chi connectivity index (χ1v) is 10.0. The molecule has 0 saturated heterocycles. The van der Waals surface area contributed by atoms with E-state index in [1.165, 1.54) is 5.56 Å². The van der Waals surface area contributed by atoms with E-state index in [0.717, 1.165) is 23.3 Å². The van der Waals surface area contributed by atoms with Crippen molar-refractivity contribution in [3.05, 3.63) is 114 Å². The molecule has 0 aromatic heterocycles. The zero-order chi connectivity index (χ0) is 23.4. The normalized spacial score (nSPS) is 12.3. The van der Waals surface area contributed by atoms with Crippen LogP contribution in [-0.2, 0) is 28.2 Å². The Morgan fingerprint density at radius 3 is 1.75 bits per heavy atom. The van der Waals surface area contributed by atoms with E-state index in [2.05, 4.69) is 43.3 Å². The van der Waals surface area contributed by atoms with Crippen LogP contribution in [0.3, 0.4) is 0 Å². The molecule has 3 rings (SSSR count). The second-order valence-electron chi connectivity index (χ2n) is 7.39. The minimum Gasteiger partial charge on any atom is -0.489 e. The summed E-state index contributed by atoms with van der Waals surface area (Å²) in [5.74, 6) is -1.65. The summed E-state index contributed by atoms with van der Waals surface area (Å²) in [5.41, 5.74) is 9.65. The van der Waals surface area contributed by atoms with E-state index in [-0.39, 0.29) is 0 Å². The van der Waals surface area contributed by atoms with Crippen LogP contribution in [0.4, 0.5) is 0 Å². The molecule has 0 saturated carbocycles. The van der Waals surface area contributed by atoms with E-state index in [1.807, 2.05) is 48.5 Å². The van der Waals surface area contributed by atoms with Gasteiger partial charge in [0.15, 0.2) is 0 Å². The van der Waals surface area contributed by atoms with Crippen LogP contribution in [0.25, 0.3) is 0 Å². The number of benzene rings is 3. The molecule has 0 aliphatic heterocycles. The molecular weight excluding hydrogens is 406 g/mol. The fraction of sp³-hybridized carbons (Fsp3) is 0.154. The highest BCUT2D eigenvalue weighted by Gasteiger charge is 2.21. The fourth-order valence-corrected chi connectivity index (χ4v) is 2.94. The van der Waals surface area contributed by atoms with Crippen LogP contribution < -0.4 is 10.5 Å². The van der Waals surface area contributed by atoms with Crippen LogP contribution in [0.1, 0.15) is 23.6 Å². The van der Waals surface area contributed by atoms with Crippen LogP contribution in [0.15, 0.2) is 97.1 Å². The summed E-state index contributed by atoms with van der Waals surface area (Å²) in [7, 11) is 0. The number of ether oxygens (including phenoxy) is 1. The zero-order valence-electron chi connectivity index (χ0n) is 17.8. The maximum absolute atomic E-state index is 9.55. The number of carbonyl (C=O) groups is 2. The summed E-state index contributed by atoms with van der Waals surface area (Å²) in [4.78, 5) is 19.1. The van der Waals surface area contributed by atoms with Gasteiger partial charge in [-0.15, -0.1) is 0 Å². The minimum atomic E-state index is -1.26. The van der Waals surface area contributed by atoms with Crippen molar-refractivity contribution in [1.82, 2.24) is 0 Å². The third kappa shape index (κ3) is 8.85. The van der Waals surface area contributed by atoms with Gasteiger partial charge in [-0.25, -0.2) is 9.59 Å². The quantitative estimate of drug-likeness (QED) is 0.455. The molecule has 6 heteroatoms. The Balaban J connectivity index is 0.000000390. The highest BCUT2D eigenvalue weighted by atomic mass is 16.5. The third-order valence-corrected chi connectivity index (χ3v) is 4.54. The number of carboxylic acid groups (broad SMARTS) is 2. The van der Waals surface area contributed by atoms with Gasteiger partial charge in [0.25, 0.3) is 0 Å². The molecule has 0 aliphatic rings. The second kappa shape index (κ2) is 12.1. The third-order valence-electron chi connectivity index (χ3n) is 4.54. The van der Waals surface area contributed by atoms with Crippen molar-refractivity contribution >= 4 is 11.9 Å². The number of aliphatic carboxylic acids is 2. The van der Waals surface area contributed by atoms with Gasteiger partial charge in [-0.3, -0.25) is 0 Å². The molecule has 6 nitrogen and oxygen atoms in total. The highest BCUT2D eigenvalue weighted by molar-refractivity contribution is 5.89. The Kier molecular flexibility index (Phi) is 9.20. The van der Waals surface area contributed by atoms with Crippen molar-refractivity contribution in [2.24, 2.45) is 5.73 Å². The number of nitrogens with two attached hydrogens (primary N) is 1. The van der Waals surface area contributed by atoms with Crippen molar-refractivity contribution in [3.63, 3.8) is 0 Å². The average molecular weight is 434 g/mol. The molecule has 0 spiro atoms. The van der Waals surface area contributed by atoms with Crippen LogP contribution in [0.2, 0.25) is 0 Å². The Bertz CT molecular complexity index is 997. The molecule has 4 N–H and O–H groups in total. The van der Waals surface area contributed by atoms with Gasteiger partial charge in [0.2, 0.25) is 0 Å². The van der Waals surface area contributed by atoms with Gasteiger partial charge < -0.3 is 20.7 Å². The van der Waals surface area contributed by atoms with E-state index in [0.29, 0.717) is 18.8 Å². The van der Waals surface area contributed by atoms with Gasteiger partial charge in [0.1, 0.15) is 12.4 Å². The van der Waals surface area contributed by atoms with E-state index < -0.39 is 17.5 Å². The summed E-state index contributed by atoms with van der Waals surface area (Å²) < 4.78 is 5.84. The van der Waals surface area contributed by atoms with Crippen molar-refractivity contribution in [2.45, 2.75) is 25.5 Å². The van der Waals surface area contributed by atoms with Crippen molar-refractivity contribution in [3.8, 4) is 5.75 Å². The first kappa shape index (κ1) is 24.4. The minimum absolute atomic E-state index is 0.403. The molecule has 0 heterocycles. The summed E-state index contributed by atoms with van der Waals surface area (Å²) in [5, 5.41) is 15.6. The molecule has 32 heavy (non-hydrogen) atoms. The lowest BCUT2D eigenvalue weighted by Crippen LogP contribution is -2.35. The number of hydrogen-bond acceptors (Lipinski definition) is 4.